The van der Waals surface area contributed by atoms with Gasteiger partial charge in [-0.25, -0.2) is 0 Å². The van der Waals surface area contributed by atoms with Gasteiger partial charge in [-0.15, -0.1) is 0 Å². The van der Waals surface area contributed by atoms with Gasteiger partial charge in [-0.2, -0.15) is 8.78 Å². The number of rotatable bonds is 9. The fourth-order valence-corrected chi connectivity index (χ4v) is 2.58. The highest BCUT2D eigenvalue weighted by molar-refractivity contribution is 5.44. The number of hydrogen-bond acceptors (Lipinski definition) is 5. The molecular formula is C19H23F2NO4. The second-order valence-electron chi connectivity index (χ2n) is 5.57. The molecule has 0 saturated heterocycles. The van der Waals surface area contributed by atoms with Crippen molar-refractivity contribution in [3.63, 3.8) is 0 Å². The van der Waals surface area contributed by atoms with E-state index in [-0.39, 0.29) is 17.5 Å². The Balaban J connectivity index is 2.13. The predicted octanol–water partition coefficient (Wildman–Crippen LogP) is 4.16. The first-order valence-corrected chi connectivity index (χ1v) is 8.05. The molecule has 0 aromatic heterocycles. The number of ether oxygens (including phenoxy) is 4. The summed E-state index contributed by atoms with van der Waals surface area (Å²) in [6.45, 7) is -0.477. The molecule has 1 N–H and O–H groups in total. The minimum atomic E-state index is -2.91. The molecule has 0 spiro atoms. The number of hydrogen-bond donors (Lipinski definition) is 1. The van der Waals surface area contributed by atoms with Crippen LogP contribution < -0.4 is 24.3 Å². The fourth-order valence-electron chi connectivity index (χ4n) is 2.58. The molecule has 2 aromatic carbocycles. The van der Waals surface area contributed by atoms with Crippen LogP contribution in [-0.2, 0) is 6.54 Å². The maximum Gasteiger partial charge on any atom is 0.387 e. The van der Waals surface area contributed by atoms with Gasteiger partial charge in [0.25, 0.3) is 0 Å². The molecular weight excluding hydrogens is 344 g/mol. The standard InChI is InChI=1S/C19H23F2NO4/c1-12(15-10-14(23-2)6-8-16(15)24-3)22-11-13-5-7-17(25-4)18(9-13)26-19(20)21/h5-10,12,19,22H,11H2,1-4H3. The number of alkyl halides is 2. The van der Waals surface area contributed by atoms with Gasteiger partial charge in [-0.1, -0.05) is 6.07 Å². The highest BCUT2D eigenvalue weighted by Crippen LogP contribution is 2.31. The van der Waals surface area contributed by atoms with Crippen LogP contribution in [0.3, 0.4) is 0 Å². The second-order valence-corrected chi connectivity index (χ2v) is 5.57. The van der Waals surface area contributed by atoms with E-state index in [2.05, 4.69) is 10.1 Å². The number of benzene rings is 2. The molecule has 2 aromatic rings. The van der Waals surface area contributed by atoms with E-state index in [0.717, 1.165) is 22.6 Å². The third kappa shape index (κ3) is 4.98. The van der Waals surface area contributed by atoms with E-state index < -0.39 is 6.61 Å². The van der Waals surface area contributed by atoms with Crippen molar-refractivity contribution < 1.29 is 27.7 Å². The fraction of sp³-hybridized carbons (Fsp3) is 0.368. The Hall–Kier alpha value is -2.54. The summed E-state index contributed by atoms with van der Waals surface area (Å²) < 4.78 is 45.3. The van der Waals surface area contributed by atoms with Gasteiger partial charge >= 0.3 is 6.61 Å². The van der Waals surface area contributed by atoms with Gasteiger partial charge in [0.2, 0.25) is 0 Å². The molecule has 142 valence electrons. The lowest BCUT2D eigenvalue weighted by Gasteiger charge is -2.19. The molecule has 2 rings (SSSR count). The zero-order chi connectivity index (χ0) is 19.1. The zero-order valence-corrected chi connectivity index (χ0v) is 15.2. The Kier molecular flexibility index (Phi) is 7.03. The van der Waals surface area contributed by atoms with Crippen molar-refractivity contribution >= 4 is 0 Å². The quantitative estimate of drug-likeness (QED) is 0.721. The number of methoxy groups -OCH3 is 3. The smallest absolute Gasteiger partial charge is 0.387 e. The Morgan fingerprint density at radius 3 is 2.19 bits per heavy atom. The van der Waals surface area contributed by atoms with Crippen LogP contribution in [0.15, 0.2) is 36.4 Å². The average Bonchev–Trinajstić information content (AvgIpc) is 2.65. The molecule has 0 aliphatic rings. The summed E-state index contributed by atoms with van der Waals surface area (Å²) >= 11 is 0. The first-order valence-electron chi connectivity index (χ1n) is 8.05. The van der Waals surface area contributed by atoms with Crippen LogP contribution >= 0.6 is 0 Å². The Bertz CT molecular complexity index is 725. The lowest BCUT2D eigenvalue weighted by molar-refractivity contribution is -0.0512. The number of nitrogens with one attached hydrogen (secondary N) is 1. The van der Waals surface area contributed by atoms with Gasteiger partial charge in [0, 0.05) is 18.2 Å². The van der Waals surface area contributed by atoms with Crippen molar-refractivity contribution in [3.8, 4) is 23.0 Å². The van der Waals surface area contributed by atoms with Crippen molar-refractivity contribution in [2.24, 2.45) is 0 Å². The predicted molar refractivity (Wildman–Crippen MR) is 94.4 cm³/mol. The van der Waals surface area contributed by atoms with Crippen LogP contribution in [0.1, 0.15) is 24.1 Å². The van der Waals surface area contributed by atoms with Gasteiger partial charge in [-0.3, -0.25) is 0 Å². The molecule has 0 fully saturated rings. The van der Waals surface area contributed by atoms with E-state index in [9.17, 15) is 8.78 Å². The summed E-state index contributed by atoms with van der Waals surface area (Å²) in [4.78, 5) is 0. The van der Waals surface area contributed by atoms with Gasteiger partial charge in [0.15, 0.2) is 11.5 Å². The molecule has 0 saturated carbocycles. The first-order chi connectivity index (χ1) is 12.5. The van der Waals surface area contributed by atoms with Gasteiger partial charge in [-0.05, 0) is 42.8 Å². The molecule has 0 bridgehead atoms. The second kappa shape index (κ2) is 9.24. The third-order valence-corrected chi connectivity index (χ3v) is 3.96. The van der Waals surface area contributed by atoms with Crippen molar-refractivity contribution in [2.75, 3.05) is 21.3 Å². The summed E-state index contributed by atoms with van der Waals surface area (Å²) in [6, 6.07) is 10.4. The largest absolute Gasteiger partial charge is 0.497 e. The summed E-state index contributed by atoms with van der Waals surface area (Å²) in [7, 11) is 4.61. The van der Waals surface area contributed by atoms with Gasteiger partial charge in [0.1, 0.15) is 11.5 Å². The molecule has 0 radical (unpaired) electrons. The molecule has 7 heteroatoms. The third-order valence-electron chi connectivity index (χ3n) is 3.96. The summed E-state index contributed by atoms with van der Waals surface area (Å²) in [5.74, 6) is 1.73. The lowest BCUT2D eigenvalue weighted by Crippen LogP contribution is -2.19. The van der Waals surface area contributed by atoms with Crippen molar-refractivity contribution in [3.05, 3.63) is 47.5 Å². The first kappa shape index (κ1) is 19.8. The molecule has 1 unspecified atom stereocenters. The average molecular weight is 367 g/mol. The van der Waals surface area contributed by atoms with Crippen LogP contribution in [0.25, 0.3) is 0 Å². The van der Waals surface area contributed by atoms with E-state index in [1.165, 1.54) is 13.2 Å². The number of halogens is 2. The van der Waals surface area contributed by atoms with Crippen molar-refractivity contribution in [2.45, 2.75) is 26.1 Å². The molecule has 5 nitrogen and oxygen atoms in total. The van der Waals surface area contributed by atoms with Crippen LogP contribution in [0.2, 0.25) is 0 Å². The Morgan fingerprint density at radius 1 is 0.885 bits per heavy atom. The highest BCUT2D eigenvalue weighted by atomic mass is 19.3. The Morgan fingerprint density at radius 2 is 1.58 bits per heavy atom. The van der Waals surface area contributed by atoms with E-state index in [0.29, 0.717) is 6.54 Å². The minimum absolute atomic E-state index is 0.00779. The highest BCUT2D eigenvalue weighted by Gasteiger charge is 2.14. The molecule has 1 atom stereocenters. The maximum atomic E-state index is 12.5. The summed E-state index contributed by atoms with van der Waals surface area (Å²) in [6.07, 6.45) is 0. The van der Waals surface area contributed by atoms with Crippen LogP contribution in [-0.4, -0.2) is 27.9 Å². The SMILES string of the molecule is COc1ccc(OC)c(C(C)NCc2ccc(OC)c(OC(F)F)c2)c1. The molecule has 0 heterocycles. The molecule has 0 amide bonds. The van der Waals surface area contributed by atoms with Crippen LogP contribution in [0, 0.1) is 0 Å². The van der Waals surface area contributed by atoms with E-state index in [4.69, 9.17) is 14.2 Å². The van der Waals surface area contributed by atoms with Gasteiger partial charge in [0.05, 0.1) is 21.3 Å². The summed E-state index contributed by atoms with van der Waals surface area (Å²) in [5, 5.41) is 3.34. The topological polar surface area (TPSA) is 49.0 Å². The molecule has 0 aliphatic heterocycles. The van der Waals surface area contributed by atoms with Crippen molar-refractivity contribution in [1.29, 1.82) is 0 Å². The maximum absolute atomic E-state index is 12.5. The zero-order valence-electron chi connectivity index (χ0n) is 15.2. The van der Waals surface area contributed by atoms with Crippen molar-refractivity contribution in [1.82, 2.24) is 5.32 Å². The monoisotopic (exact) mass is 367 g/mol. The lowest BCUT2D eigenvalue weighted by atomic mass is 10.1. The van der Waals surface area contributed by atoms with E-state index in [1.54, 1.807) is 26.4 Å². The minimum Gasteiger partial charge on any atom is -0.497 e. The molecule has 0 aliphatic carbocycles. The van der Waals surface area contributed by atoms with Gasteiger partial charge < -0.3 is 24.3 Å². The van der Waals surface area contributed by atoms with Crippen LogP contribution in [0.4, 0.5) is 8.78 Å². The summed E-state index contributed by atoms with van der Waals surface area (Å²) in [5.41, 5.74) is 1.72. The normalized spacial score (nSPS) is 12.0. The van der Waals surface area contributed by atoms with E-state index in [1.807, 2.05) is 25.1 Å². The van der Waals surface area contributed by atoms with Crippen LogP contribution in [0.5, 0.6) is 23.0 Å². The van der Waals surface area contributed by atoms with E-state index >= 15 is 0 Å². The molecule has 26 heavy (non-hydrogen) atoms. The Labute approximate surface area is 151 Å².